The fourth-order valence-electron chi connectivity index (χ4n) is 2.26. The van der Waals surface area contributed by atoms with Gasteiger partial charge in [-0.25, -0.2) is 0 Å². The highest BCUT2D eigenvalue weighted by Gasteiger charge is 2.24. The van der Waals surface area contributed by atoms with E-state index in [1.54, 1.807) is 6.20 Å². The zero-order chi connectivity index (χ0) is 13.8. The van der Waals surface area contributed by atoms with Gasteiger partial charge in [0, 0.05) is 21.2 Å². The molecule has 1 heterocycles. The number of amides is 1. The Morgan fingerprint density at radius 2 is 2.05 bits per heavy atom. The van der Waals surface area contributed by atoms with Crippen LogP contribution in [0.25, 0.3) is 0 Å². The third-order valence-corrected chi connectivity index (χ3v) is 4.73. The summed E-state index contributed by atoms with van der Waals surface area (Å²) in [7, 11) is 0. The van der Waals surface area contributed by atoms with Gasteiger partial charge in [0.2, 0.25) is 5.91 Å². The van der Waals surface area contributed by atoms with Crippen LogP contribution < -0.4 is 5.32 Å². The molecule has 1 aromatic heterocycles. The summed E-state index contributed by atoms with van der Waals surface area (Å²) in [5.74, 6) is -0.163. The molecule has 1 aliphatic carbocycles. The van der Waals surface area contributed by atoms with Crippen LogP contribution in [-0.2, 0) is 4.79 Å². The second-order valence-corrected chi connectivity index (χ2v) is 6.93. The van der Waals surface area contributed by atoms with Crippen LogP contribution in [-0.4, -0.2) is 16.9 Å². The molecule has 1 N–H and O–H groups in total. The Labute approximate surface area is 134 Å². The van der Waals surface area contributed by atoms with E-state index in [-0.39, 0.29) is 11.9 Å². The van der Waals surface area contributed by atoms with Crippen molar-refractivity contribution in [3.63, 3.8) is 0 Å². The van der Waals surface area contributed by atoms with Crippen molar-refractivity contribution in [3.05, 3.63) is 26.9 Å². The average molecular weight is 411 g/mol. The molecule has 19 heavy (non-hydrogen) atoms. The summed E-state index contributed by atoms with van der Waals surface area (Å²) < 4.78 is 1.58. The van der Waals surface area contributed by atoms with Crippen LogP contribution in [0.5, 0.6) is 0 Å². The Balaban J connectivity index is 2.01. The van der Waals surface area contributed by atoms with E-state index in [1.807, 2.05) is 6.07 Å². The van der Waals surface area contributed by atoms with E-state index in [0.29, 0.717) is 5.69 Å². The largest absolute Gasteiger partial charge is 0.352 e. The first kappa shape index (κ1) is 15.3. The van der Waals surface area contributed by atoms with Crippen molar-refractivity contribution in [1.29, 1.82) is 0 Å². The summed E-state index contributed by atoms with van der Waals surface area (Å²) in [5.41, 5.74) is 0.554. The smallest absolute Gasteiger partial charge is 0.244 e. The van der Waals surface area contributed by atoms with Gasteiger partial charge in [-0.2, -0.15) is 0 Å². The maximum absolute atomic E-state index is 12.1. The normalized spacial score (nSPS) is 18.1. The number of aromatic nitrogens is 1. The topological polar surface area (TPSA) is 42.0 Å². The molecule has 2 rings (SSSR count). The number of hydrogen-bond donors (Lipinski definition) is 1. The van der Waals surface area contributed by atoms with E-state index in [9.17, 15) is 4.79 Å². The Morgan fingerprint density at radius 1 is 1.37 bits per heavy atom. The van der Waals surface area contributed by atoms with Gasteiger partial charge in [0.15, 0.2) is 5.38 Å². The first-order valence-electron chi connectivity index (χ1n) is 6.33. The van der Waals surface area contributed by atoms with E-state index in [0.717, 1.165) is 21.8 Å². The van der Waals surface area contributed by atoms with E-state index < -0.39 is 5.38 Å². The van der Waals surface area contributed by atoms with Crippen molar-refractivity contribution < 1.29 is 4.79 Å². The van der Waals surface area contributed by atoms with Gasteiger partial charge >= 0.3 is 0 Å². The van der Waals surface area contributed by atoms with Gasteiger partial charge in [-0.05, 0) is 50.8 Å². The van der Waals surface area contributed by atoms with Gasteiger partial charge in [0.1, 0.15) is 0 Å². The summed E-state index contributed by atoms with van der Waals surface area (Å²) in [6, 6.07) is 2.10. The maximum atomic E-state index is 12.1. The first-order valence-corrected chi connectivity index (χ1v) is 8.35. The van der Waals surface area contributed by atoms with Crippen LogP contribution in [0.15, 0.2) is 21.2 Å². The lowest BCUT2D eigenvalue weighted by molar-refractivity contribution is -0.121. The van der Waals surface area contributed by atoms with E-state index in [1.165, 1.54) is 19.3 Å². The lowest BCUT2D eigenvalue weighted by atomic mass is 9.95. The van der Waals surface area contributed by atoms with E-state index >= 15 is 0 Å². The molecule has 1 aliphatic rings. The van der Waals surface area contributed by atoms with Gasteiger partial charge in [-0.1, -0.05) is 19.3 Å². The maximum Gasteiger partial charge on any atom is 0.244 e. The van der Waals surface area contributed by atoms with Crippen molar-refractivity contribution >= 4 is 49.4 Å². The molecule has 0 saturated heterocycles. The Morgan fingerprint density at radius 3 is 2.68 bits per heavy atom. The molecule has 3 nitrogen and oxygen atoms in total. The zero-order valence-corrected chi connectivity index (χ0v) is 14.3. The number of pyridine rings is 1. The van der Waals surface area contributed by atoms with Gasteiger partial charge < -0.3 is 5.32 Å². The van der Waals surface area contributed by atoms with Crippen LogP contribution in [0.4, 0.5) is 0 Å². The van der Waals surface area contributed by atoms with E-state index in [2.05, 4.69) is 42.2 Å². The standard InChI is InChI=1S/C13H15Br2ClN2O/c14-8-6-10(15)12(17-7-8)11(16)13(19)18-9-4-2-1-3-5-9/h6-7,9,11H,1-5H2,(H,18,19). The Kier molecular flexibility index (Phi) is 5.66. The molecule has 0 bridgehead atoms. The second-order valence-electron chi connectivity index (χ2n) is 4.73. The van der Waals surface area contributed by atoms with Gasteiger partial charge in [0.25, 0.3) is 0 Å². The van der Waals surface area contributed by atoms with Crippen LogP contribution in [0.1, 0.15) is 43.2 Å². The first-order chi connectivity index (χ1) is 9.08. The molecule has 1 fully saturated rings. The minimum atomic E-state index is -0.760. The number of alkyl halides is 1. The van der Waals surface area contributed by atoms with Crippen molar-refractivity contribution in [2.75, 3.05) is 0 Å². The Bertz CT molecular complexity index is 464. The summed E-state index contributed by atoms with van der Waals surface area (Å²) in [4.78, 5) is 16.3. The highest BCUT2D eigenvalue weighted by molar-refractivity contribution is 9.11. The van der Waals surface area contributed by atoms with Crippen LogP contribution in [0.3, 0.4) is 0 Å². The SMILES string of the molecule is O=C(NC1CCCCC1)C(Cl)c1ncc(Br)cc1Br. The number of nitrogens with one attached hydrogen (secondary N) is 1. The minimum absolute atomic E-state index is 0.163. The summed E-state index contributed by atoms with van der Waals surface area (Å²) in [5, 5.41) is 2.26. The molecule has 0 spiro atoms. The quantitative estimate of drug-likeness (QED) is 0.754. The summed E-state index contributed by atoms with van der Waals surface area (Å²) in [6.07, 6.45) is 7.35. The number of halogens is 3. The summed E-state index contributed by atoms with van der Waals surface area (Å²) in [6.45, 7) is 0. The van der Waals surface area contributed by atoms with Crippen molar-refractivity contribution in [2.45, 2.75) is 43.5 Å². The van der Waals surface area contributed by atoms with Crippen LogP contribution in [0, 0.1) is 0 Å². The molecule has 1 atom stereocenters. The van der Waals surface area contributed by atoms with E-state index in [4.69, 9.17) is 11.6 Å². The zero-order valence-electron chi connectivity index (χ0n) is 10.3. The molecular weight excluding hydrogens is 395 g/mol. The Hall–Kier alpha value is -0.130. The van der Waals surface area contributed by atoms with Gasteiger partial charge in [-0.3, -0.25) is 9.78 Å². The summed E-state index contributed by atoms with van der Waals surface area (Å²) >= 11 is 12.9. The molecule has 6 heteroatoms. The number of carbonyl (C=O) groups excluding carboxylic acids is 1. The second kappa shape index (κ2) is 7.04. The lowest BCUT2D eigenvalue weighted by Crippen LogP contribution is -2.38. The number of rotatable bonds is 3. The number of carbonyl (C=O) groups is 1. The van der Waals surface area contributed by atoms with Crippen LogP contribution >= 0.6 is 43.5 Å². The highest BCUT2D eigenvalue weighted by atomic mass is 79.9. The third kappa shape index (κ3) is 4.17. The molecule has 104 valence electrons. The molecule has 1 amide bonds. The molecule has 1 unspecified atom stereocenters. The fourth-order valence-corrected chi connectivity index (χ4v) is 3.84. The van der Waals surface area contributed by atoms with Crippen LogP contribution in [0.2, 0.25) is 0 Å². The molecule has 0 radical (unpaired) electrons. The monoisotopic (exact) mass is 408 g/mol. The number of hydrogen-bond acceptors (Lipinski definition) is 2. The predicted octanol–water partition coefficient (Wildman–Crippen LogP) is 4.34. The molecule has 0 aromatic carbocycles. The average Bonchev–Trinajstić information content (AvgIpc) is 2.39. The van der Waals surface area contributed by atoms with Crippen molar-refractivity contribution in [1.82, 2.24) is 10.3 Å². The van der Waals surface area contributed by atoms with Gasteiger partial charge in [-0.15, -0.1) is 11.6 Å². The van der Waals surface area contributed by atoms with Gasteiger partial charge in [0.05, 0.1) is 5.69 Å². The number of nitrogens with zero attached hydrogens (tertiary/aromatic N) is 1. The third-order valence-electron chi connectivity index (χ3n) is 3.26. The van der Waals surface area contributed by atoms with Crippen molar-refractivity contribution in [3.8, 4) is 0 Å². The minimum Gasteiger partial charge on any atom is -0.352 e. The van der Waals surface area contributed by atoms with Crippen molar-refractivity contribution in [2.24, 2.45) is 0 Å². The highest BCUT2D eigenvalue weighted by Crippen LogP contribution is 2.29. The lowest BCUT2D eigenvalue weighted by Gasteiger charge is -2.24. The molecule has 0 aliphatic heterocycles. The molecule has 1 aromatic rings. The fraction of sp³-hybridized carbons (Fsp3) is 0.538. The molecule has 1 saturated carbocycles. The predicted molar refractivity (Wildman–Crippen MR) is 83.2 cm³/mol. The molecular formula is C13H15Br2ClN2O.